The normalized spacial score (nSPS) is 13.0. The fourth-order valence-electron chi connectivity index (χ4n) is 8.41. The number of para-hydroxylation sites is 1. The van der Waals surface area contributed by atoms with Gasteiger partial charge in [-0.2, -0.15) is 0 Å². The predicted octanol–water partition coefficient (Wildman–Crippen LogP) is 14.1. The van der Waals surface area contributed by atoms with Crippen molar-refractivity contribution in [1.29, 1.82) is 5.41 Å². The van der Waals surface area contributed by atoms with Crippen LogP contribution in [0.25, 0.3) is 90.0 Å². The molecule has 0 saturated heterocycles. The Balaban J connectivity index is 0.985. The number of allylic oxidation sites excluding steroid dienone is 1. The summed E-state index contributed by atoms with van der Waals surface area (Å²) in [5.41, 5.74) is 16.5. The van der Waals surface area contributed by atoms with Crippen molar-refractivity contribution in [2.24, 2.45) is 0 Å². The highest BCUT2D eigenvalue weighted by Gasteiger charge is 2.24. The van der Waals surface area contributed by atoms with Gasteiger partial charge in [0.2, 0.25) is 0 Å². The zero-order valence-electron chi connectivity index (χ0n) is 33.6. The monoisotopic (exact) mass is 794 g/mol. The van der Waals surface area contributed by atoms with Crippen molar-refractivity contribution >= 4 is 50.7 Å². The molecule has 0 fully saturated rings. The van der Waals surface area contributed by atoms with Gasteiger partial charge in [0.05, 0.1) is 22.8 Å². The molecule has 0 bridgehead atoms. The maximum atomic E-state index is 9.57. The average molecular weight is 795 g/mol. The molecule has 0 aliphatic carbocycles. The Labute approximate surface area is 359 Å². The smallest absolute Gasteiger partial charge is 0.160 e. The van der Waals surface area contributed by atoms with Crippen LogP contribution in [0.2, 0.25) is 0 Å². The van der Waals surface area contributed by atoms with E-state index in [1.54, 1.807) is 0 Å². The minimum absolute atomic E-state index is 0.447. The Kier molecular flexibility index (Phi) is 9.25. The fraction of sp³-hybridized carbons (Fsp3) is 0. The number of fused-ring (bicyclic) bond motifs is 4. The number of rotatable bonds is 8. The van der Waals surface area contributed by atoms with E-state index in [0.29, 0.717) is 11.5 Å². The van der Waals surface area contributed by atoms with Crippen LogP contribution < -0.4 is 5.32 Å². The SMILES string of the molecule is N=C(/C(=C1\NC(c2cccc(-c3nc(-c4ccccc4)cc(-c4ccc(-c5ccc6c(c5)oc5ccccc56)cc4)n3)c2)=Cc2ccccc21)c1ccccc1)c1ccccc1. The Morgan fingerprint density at radius 1 is 0.435 bits per heavy atom. The summed E-state index contributed by atoms with van der Waals surface area (Å²) in [6, 6.07) is 72.4. The summed E-state index contributed by atoms with van der Waals surface area (Å²) >= 11 is 0. The Morgan fingerprint density at radius 3 is 1.79 bits per heavy atom. The van der Waals surface area contributed by atoms with Gasteiger partial charge in [-0.05, 0) is 64.2 Å². The molecule has 0 spiro atoms. The number of benzene rings is 8. The fourth-order valence-corrected chi connectivity index (χ4v) is 8.41. The second kappa shape index (κ2) is 15.6. The first-order valence-corrected chi connectivity index (χ1v) is 20.7. The summed E-state index contributed by atoms with van der Waals surface area (Å²) in [5, 5.41) is 15.6. The van der Waals surface area contributed by atoms with Crippen LogP contribution in [0.3, 0.4) is 0 Å². The van der Waals surface area contributed by atoms with E-state index in [1.165, 1.54) is 0 Å². The largest absolute Gasteiger partial charge is 0.456 e. The standard InChI is InChI=1S/C57H38N4O/c58-55(41-19-8-3-9-20-41)54(40-17-6-2-7-18-40)56-46-24-11-10-21-43(46)34-49(59-56)44-22-14-23-45(33-44)57-60-50(38-15-4-1-5-16-38)36-51(61-57)39-29-27-37(28-30-39)42-31-32-48-47-25-12-13-26-52(47)62-53(48)35-42/h1-36,58-59H/b56-54-,58-55?. The molecule has 2 N–H and O–H groups in total. The van der Waals surface area contributed by atoms with Gasteiger partial charge in [0.15, 0.2) is 5.82 Å². The molecule has 0 saturated carbocycles. The van der Waals surface area contributed by atoms with Gasteiger partial charge in [-0.1, -0.05) is 182 Å². The summed E-state index contributed by atoms with van der Waals surface area (Å²) in [5.74, 6) is 0.631. The second-order valence-electron chi connectivity index (χ2n) is 15.4. The number of furan rings is 1. The third-order valence-electron chi connectivity index (χ3n) is 11.5. The van der Waals surface area contributed by atoms with Crippen LogP contribution >= 0.6 is 0 Å². The lowest BCUT2D eigenvalue weighted by Gasteiger charge is -2.26. The van der Waals surface area contributed by atoms with Crippen LogP contribution in [0.5, 0.6) is 0 Å². The topological polar surface area (TPSA) is 74.8 Å². The van der Waals surface area contributed by atoms with Crippen LogP contribution in [-0.2, 0) is 0 Å². The van der Waals surface area contributed by atoms with Gasteiger partial charge in [0, 0.05) is 49.9 Å². The quantitative estimate of drug-likeness (QED) is 0.150. The van der Waals surface area contributed by atoms with Crippen molar-refractivity contribution in [3.8, 4) is 45.0 Å². The maximum absolute atomic E-state index is 9.57. The van der Waals surface area contributed by atoms with Crippen LogP contribution in [0.1, 0.15) is 27.8 Å². The molecule has 62 heavy (non-hydrogen) atoms. The van der Waals surface area contributed by atoms with Crippen LogP contribution in [-0.4, -0.2) is 15.7 Å². The molecule has 2 aromatic heterocycles. The number of hydrogen-bond donors (Lipinski definition) is 2. The maximum Gasteiger partial charge on any atom is 0.160 e. The number of aromatic nitrogens is 2. The van der Waals surface area contributed by atoms with Gasteiger partial charge in [0.25, 0.3) is 0 Å². The highest BCUT2D eigenvalue weighted by atomic mass is 16.3. The average Bonchev–Trinajstić information content (AvgIpc) is 3.73. The number of nitrogens with zero attached hydrogens (tertiary/aromatic N) is 2. The van der Waals surface area contributed by atoms with Crippen molar-refractivity contribution in [3.05, 3.63) is 240 Å². The molecule has 3 heterocycles. The van der Waals surface area contributed by atoms with Gasteiger partial charge in [-0.15, -0.1) is 0 Å². The highest BCUT2D eigenvalue weighted by molar-refractivity contribution is 6.36. The van der Waals surface area contributed by atoms with Crippen molar-refractivity contribution < 1.29 is 4.42 Å². The molecule has 11 rings (SSSR count). The van der Waals surface area contributed by atoms with Gasteiger partial charge in [0.1, 0.15) is 11.2 Å². The summed E-state index contributed by atoms with van der Waals surface area (Å²) in [6.07, 6.45) is 2.19. The van der Waals surface area contributed by atoms with E-state index < -0.39 is 0 Å². The van der Waals surface area contributed by atoms with Crippen molar-refractivity contribution in [2.75, 3.05) is 0 Å². The highest BCUT2D eigenvalue weighted by Crippen LogP contribution is 2.38. The van der Waals surface area contributed by atoms with E-state index >= 15 is 0 Å². The summed E-state index contributed by atoms with van der Waals surface area (Å²) in [6.45, 7) is 0. The Bertz CT molecular complexity index is 3370. The van der Waals surface area contributed by atoms with Gasteiger partial charge >= 0.3 is 0 Å². The van der Waals surface area contributed by atoms with E-state index in [9.17, 15) is 5.41 Å². The molecular weight excluding hydrogens is 757 g/mol. The molecule has 1 aliphatic heterocycles. The van der Waals surface area contributed by atoms with E-state index in [1.807, 2.05) is 84.9 Å². The van der Waals surface area contributed by atoms with Crippen molar-refractivity contribution in [2.45, 2.75) is 0 Å². The minimum atomic E-state index is 0.447. The van der Waals surface area contributed by atoms with Crippen LogP contribution in [0, 0.1) is 5.41 Å². The molecule has 1 aliphatic rings. The second-order valence-corrected chi connectivity index (χ2v) is 15.4. The van der Waals surface area contributed by atoms with Gasteiger partial charge < -0.3 is 9.73 Å². The lowest BCUT2D eigenvalue weighted by Crippen LogP contribution is -2.20. The zero-order chi connectivity index (χ0) is 41.4. The molecule has 5 nitrogen and oxygen atoms in total. The molecule has 0 radical (unpaired) electrons. The predicted molar refractivity (Wildman–Crippen MR) is 255 cm³/mol. The van der Waals surface area contributed by atoms with Crippen LogP contribution in [0.15, 0.2) is 217 Å². The first kappa shape index (κ1) is 36.7. The third-order valence-corrected chi connectivity index (χ3v) is 11.5. The van der Waals surface area contributed by atoms with E-state index in [4.69, 9.17) is 14.4 Å². The molecule has 0 unspecified atom stereocenters. The molecule has 10 aromatic rings. The van der Waals surface area contributed by atoms with Crippen molar-refractivity contribution in [1.82, 2.24) is 15.3 Å². The molecule has 8 aromatic carbocycles. The van der Waals surface area contributed by atoms with Crippen molar-refractivity contribution in [3.63, 3.8) is 0 Å². The zero-order valence-corrected chi connectivity index (χ0v) is 33.6. The lowest BCUT2D eigenvalue weighted by molar-refractivity contribution is 0.669. The van der Waals surface area contributed by atoms with E-state index in [2.05, 4.69) is 139 Å². The first-order chi connectivity index (χ1) is 30.6. The molecule has 292 valence electrons. The molecule has 5 heteroatoms. The molecule has 0 amide bonds. The third kappa shape index (κ3) is 6.87. The minimum Gasteiger partial charge on any atom is -0.456 e. The Hall–Kier alpha value is -8.41. The number of nitrogens with one attached hydrogen (secondary N) is 2. The van der Waals surface area contributed by atoms with E-state index in [0.717, 1.165) is 106 Å². The Morgan fingerprint density at radius 2 is 1.02 bits per heavy atom. The molecule has 0 atom stereocenters. The van der Waals surface area contributed by atoms with Gasteiger partial charge in [-0.3, -0.25) is 5.41 Å². The molecular formula is C57H38N4O. The summed E-state index contributed by atoms with van der Waals surface area (Å²) in [4.78, 5) is 10.4. The summed E-state index contributed by atoms with van der Waals surface area (Å²) < 4.78 is 6.21. The lowest BCUT2D eigenvalue weighted by atomic mass is 9.88. The van der Waals surface area contributed by atoms with E-state index in [-0.39, 0.29) is 0 Å². The van der Waals surface area contributed by atoms with Gasteiger partial charge in [-0.25, -0.2) is 9.97 Å². The summed E-state index contributed by atoms with van der Waals surface area (Å²) in [7, 11) is 0. The first-order valence-electron chi connectivity index (χ1n) is 20.7. The number of hydrogen-bond acceptors (Lipinski definition) is 5. The van der Waals surface area contributed by atoms with Crippen LogP contribution in [0.4, 0.5) is 0 Å².